The molecule has 0 saturated heterocycles. The molecule has 1 amide bonds. The van der Waals surface area contributed by atoms with E-state index < -0.39 is 19.3 Å². The number of carbonyl (C=O) groups excluding carboxylic acids is 1. The third-order valence-electron chi connectivity index (χ3n) is 3.60. The number of alkyl halides is 8. The largest absolute Gasteiger partial charge is 0.336 e. The Morgan fingerprint density at radius 3 is 1.80 bits per heavy atom. The van der Waals surface area contributed by atoms with Crippen molar-refractivity contribution in [2.24, 2.45) is 0 Å². The minimum Gasteiger partial charge on any atom is -0.336 e. The maximum Gasteiger partial charge on any atom is 0.254 e. The minimum absolute atomic E-state index is 0.0729. The summed E-state index contributed by atoms with van der Waals surface area (Å²) in [6.45, 7) is 0.506. The highest BCUT2D eigenvalue weighted by Gasteiger charge is 2.34. The van der Waals surface area contributed by atoms with Gasteiger partial charge in [0.25, 0.3) is 5.91 Å². The smallest absolute Gasteiger partial charge is 0.254 e. The third-order valence-corrected chi connectivity index (χ3v) is 4.95. The Morgan fingerprint density at radius 2 is 1.40 bits per heavy atom. The lowest BCUT2D eigenvalue weighted by Crippen LogP contribution is -2.34. The summed E-state index contributed by atoms with van der Waals surface area (Å²) in [5.74, 6) is -1.85. The summed E-state index contributed by atoms with van der Waals surface area (Å²) in [5, 5.41) is 0. The number of halogens is 9. The molecular weight excluding hydrogens is 567 g/mol. The Morgan fingerprint density at radius 1 is 0.900 bits per heavy atom. The van der Waals surface area contributed by atoms with E-state index in [1.807, 2.05) is 0 Å². The fourth-order valence-electron chi connectivity index (χ4n) is 2.28. The highest BCUT2D eigenvalue weighted by Crippen LogP contribution is 2.41. The van der Waals surface area contributed by atoms with E-state index in [-0.39, 0.29) is 53.4 Å². The molecule has 0 aliphatic carbocycles. The first-order valence-corrected chi connectivity index (χ1v) is 11.3. The zero-order chi connectivity index (χ0) is 22.7. The van der Waals surface area contributed by atoms with E-state index in [2.05, 4.69) is 15.0 Å². The van der Waals surface area contributed by atoms with Crippen LogP contribution in [0.15, 0.2) is 18.2 Å². The Hall–Kier alpha value is -0.0500. The number of rotatable bonds is 6. The maximum atomic E-state index is 14.9. The van der Waals surface area contributed by atoms with Gasteiger partial charge in [-0.15, -0.1) is 23.2 Å². The van der Waals surface area contributed by atoms with Crippen molar-refractivity contribution >= 4 is 98.7 Å². The number of aromatic nitrogens is 3. The standard InChI is InChI=1S/C16H11Cl8FN4O/c17-3-5-29(6-4-18)12(30)8-1-2-9(10(25)7-8)11-26-13(15(19,20)21)28-14(27-11)16(22,23)24/h1-2,7H,3-6H2. The van der Waals surface area contributed by atoms with E-state index in [1.54, 1.807) is 0 Å². The van der Waals surface area contributed by atoms with Crippen molar-refractivity contribution in [1.29, 1.82) is 0 Å². The molecule has 0 unspecified atom stereocenters. The first-order valence-electron chi connectivity index (χ1n) is 8.00. The van der Waals surface area contributed by atoms with Crippen LogP contribution < -0.4 is 0 Å². The summed E-state index contributed by atoms with van der Waals surface area (Å²) in [5.41, 5.74) is -0.0510. The maximum absolute atomic E-state index is 14.9. The Labute approximate surface area is 211 Å². The molecular formula is C16H11Cl8FN4O. The Bertz CT molecular complexity index is 881. The topological polar surface area (TPSA) is 59.0 Å². The molecule has 164 valence electrons. The summed E-state index contributed by atoms with van der Waals surface area (Å²) in [6, 6.07) is 3.67. The highest BCUT2D eigenvalue weighted by molar-refractivity contribution is 6.67. The molecule has 5 nitrogen and oxygen atoms in total. The van der Waals surface area contributed by atoms with Gasteiger partial charge in [0, 0.05) is 30.4 Å². The highest BCUT2D eigenvalue weighted by atomic mass is 35.6. The summed E-state index contributed by atoms with van der Waals surface area (Å²) in [7, 11) is 0. The third kappa shape index (κ3) is 6.72. The number of benzene rings is 1. The summed E-state index contributed by atoms with van der Waals surface area (Å²) < 4.78 is 10.7. The molecule has 0 N–H and O–H groups in total. The van der Waals surface area contributed by atoms with E-state index in [0.717, 1.165) is 6.07 Å². The Balaban J connectivity index is 2.51. The van der Waals surface area contributed by atoms with Crippen molar-refractivity contribution in [2.75, 3.05) is 24.8 Å². The fraction of sp³-hybridized carbons (Fsp3) is 0.375. The molecule has 1 aromatic heterocycles. The molecule has 0 saturated carbocycles. The van der Waals surface area contributed by atoms with E-state index in [4.69, 9.17) is 92.8 Å². The fourth-order valence-corrected chi connectivity index (χ4v) is 3.20. The molecule has 30 heavy (non-hydrogen) atoms. The van der Waals surface area contributed by atoms with Crippen LogP contribution in [-0.2, 0) is 7.59 Å². The second-order valence-electron chi connectivity index (χ2n) is 5.67. The lowest BCUT2D eigenvalue weighted by atomic mass is 10.1. The molecule has 2 rings (SSSR count). The molecule has 0 aliphatic rings. The predicted molar refractivity (Wildman–Crippen MR) is 121 cm³/mol. The van der Waals surface area contributed by atoms with Gasteiger partial charge in [-0.25, -0.2) is 19.3 Å². The van der Waals surface area contributed by atoms with Gasteiger partial charge in [0.2, 0.25) is 7.59 Å². The number of nitrogens with zero attached hydrogens (tertiary/aromatic N) is 4. The second-order valence-corrected chi connectivity index (χ2v) is 11.0. The summed E-state index contributed by atoms with van der Waals surface area (Å²) in [6.07, 6.45) is 0. The van der Waals surface area contributed by atoms with Crippen LogP contribution in [0.2, 0.25) is 0 Å². The first kappa shape index (κ1) is 26.2. The number of hydrogen-bond donors (Lipinski definition) is 0. The normalized spacial score (nSPS) is 12.2. The van der Waals surface area contributed by atoms with Gasteiger partial charge in [-0.2, -0.15) is 0 Å². The van der Waals surface area contributed by atoms with Crippen LogP contribution in [0, 0.1) is 5.82 Å². The minimum atomic E-state index is -2.08. The van der Waals surface area contributed by atoms with Crippen molar-refractivity contribution in [3.8, 4) is 11.4 Å². The van der Waals surface area contributed by atoms with Gasteiger partial charge >= 0.3 is 0 Å². The number of hydrogen-bond acceptors (Lipinski definition) is 4. The van der Waals surface area contributed by atoms with Gasteiger partial charge in [0.05, 0.1) is 5.56 Å². The number of amides is 1. The van der Waals surface area contributed by atoms with E-state index in [0.29, 0.717) is 0 Å². The number of carbonyl (C=O) groups is 1. The Kier molecular flexibility index (Phi) is 9.36. The molecule has 1 aromatic carbocycles. The zero-order valence-electron chi connectivity index (χ0n) is 14.7. The molecule has 0 atom stereocenters. The van der Waals surface area contributed by atoms with Crippen LogP contribution in [0.25, 0.3) is 11.4 Å². The average Bonchev–Trinajstić information content (AvgIpc) is 2.65. The zero-order valence-corrected chi connectivity index (χ0v) is 20.7. The van der Waals surface area contributed by atoms with Gasteiger partial charge in [-0.1, -0.05) is 69.6 Å². The average molecular weight is 578 g/mol. The van der Waals surface area contributed by atoms with Gasteiger partial charge in [-0.05, 0) is 18.2 Å². The van der Waals surface area contributed by atoms with Gasteiger partial charge in [0.15, 0.2) is 17.5 Å². The summed E-state index contributed by atoms with van der Waals surface area (Å²) >= 11 is 46.4. The van der Waals surface area contributed by atoms with Crippen LogP contribution in [0.5, 0.6) is 0 Å². The summed E-state index contributed by atoms with van der Waals surface area (Å²) in [4.78, 5) is 25.7. The first-order chi connectivity index (χ1) is 13.9. The van der Waals surface area contributed by atoms with Crippen LogP contribution in [0.4, 0.5) is 4.39 Å². The van der Waals surface area contributed by atoms with E-state index >= 15 is 0 Å². The van der Waals surface area contributed by atoms with E-state index in [9.17, 15) is 9.18 Å². The van der Waals surface area contributed by atoms with Gasteiger partial charge < -0.3 is 4.90 Å². The molecule has 0 fully saturated rings. The van der Waals surface area contributed by atoms with Crippen LogP contribution in [0.1, 0.15) is 22.0 Å². The van der Waals surface area contributed by atoms with Crippen molar-refractivity contribution < 1.29 is 9.18 Å². The van der Waals surface area contributed by atoms with Gasteiger partial charge in [0.1, 0.15) is 5.82 Å². The van der Waals surface area contributed by atoms with Crippen LogP contribution in [0.3, 0.4) is 0 Å². The van der Waals surface area contributed by atoms with Crippen molar-refractivity contribution in [3.05, 3.63) is 41.2 Å². The molecule has 0 spiro atoms. The SMILES string of the molecule is O=C(c1ccc(-c2nc(C(Cl)(Cl)Cl)nc(C(Cl)(Cl)Cl)n2)c(F)c1)N(CCCl)CCCl. The lowest BCUT2D eigenvalue weighted by molar-refractivity contribution is 0.0774. The molecule has 14 heteroatoms. The molecule has 0 radical (unpaired) electrons. The molecule has 2 aromatic rings. The monoisotopic (exact) mass is 574 g/mol. The quantitative estimate of drug-likeness (QED) is 0.381. The van der Waals surface area contributed by atoms with Crippen LogP contribution in [-0.4, -0.2) is 50.6 Å². The second kappa shape index (κ2) is 10.7. The predicted octanol–water partition coefficient (Wildman–Crippen LogP) is 6.25. The van der Waals surface area contributed by atoms with Crippen molar-refractivity contribution in [1.82, 2.24) is 19.9 Å². The molecule has 1 heterocycles. The van der Waals surface area contributed by atoms with Crippen molar-refractivity contribution in [2.45, 2.75) is 7.59 Å². The van der Waals surface area contributed by atoms with E-state index in [1.165, 1.54) is 17.0 Å². The van der Waals surface area contributed by atoms with Gasteiger partial charge in [-0.3, -0.25) is 4.79 Å². The van der Waals surface area contributed by atoms with Crippen molar-refractivity contribution in [3.63, 3.8) is 0 Å². The molecule has 0 aliphatic heterocycles. The van der Waals surface area contributed by atoms with Crippen LogP contribution >= 0.6 is 92.8 Å². The lowest BCUT2D eigenvalue weighted by Gasteiger charge is -2.21. The molecule has 0 bridgehead atoms.